The molecule has 4 rings (SSSR count). The van der Waals surface area contributed by atoms with E-state index in [0.29, 0.717) is 17.7 Å². The molecule has 0 amide bonds. The number of nitrogens with two attached hydrogens (primary N) is 1. The molecule has 0 saturated carbocycles. The maximum Gasteiger partial charge on any atom is 0.311 e. The van der Waals surface area contributed by atoms with Crippen LogP contribution in [0, 0.1) is 5.92 Å². The number of hydrogen-bond donors (Lipinski definition) is 4. The first-order valence-corrected chi connectivity index (χ1v) is 9.74. The lowest BCUT2D eigenvalue weighted by atomic mass is 9.91. The van der Waals surface area contributed by atoms with E-state index in [9.17, 15) is 19.8 Å². The van der Waals surface area contributed by atoms with Crippen LogP contribution in [-0.4, -0.2) is 44.6 Å². The van der Waals surface area contributed by atoms with Crippen molar-refractivity contribution in [1.82, 2.24) is 14.5 Å². The predicted molar refractivity (Wildman–Crippen MR) is 106 cm³/mol. The number of thiazole rings is 1. The van der Waals surface area contributed by atoms with Crippen molar-refractivity contribution in [1.29, 1.82) is 0 Å². The van der Waals surface area contributed by atoms with E-state index in [0.717, 1.165) is 11.3 Å². The Morgan fingerprint density at radius 3 is 2.93 bits per heavy atom. The summed E-state index contributed by atoms with van der Waals surface area (Å²) in [7, 11) is 1.50. The Labute approximate surface area is 168 Å². The highest BCUT2D eigenvalue weighted by Crippen LogP contribution is 2.44. The minimum atomic E-state index is -1.05. The molecule has 1 saturated heterocycles. The van der Waals surface area contributed by atoms with E-state index in [2.05, 4.69) is 9.97 Å². The van der Waals surface area contributed by atoms with Crippen molar-refractivity contribution in [3.8, 4) is 5.75 Å². The monoisotopic (exact) mass is 420 g/mol. The number of nitrogens with one attached hydrogen (secondary N) is 1. The molecule has 0 aliphatic carbocycles. The molecule has 0 bridgehead atoms. The summed E-state index contributed by atoms with van der Waals surface area (Å²) >= 11 is 0.724. The third kappa shape index (κ3) is 3.31. The van der Waals surface area contributed by atoms with Crippen LogP contribution < -0.4 is 20.9 Å². The van der Waals surface area contributed by atoms with Gasteiger partial charge in [0.25, 0.3) is 5.56 Å². The third-order valence-electron chi connectivity index (χ3n) is 5.05. The summed E-state index contributed by atoms with van der Waals surface area (Å²) in [6.45, 7) is -0.279. The number of aliphatic hydroxyl groups is 2. The topological polar surface area (TPSA) is 153 Å². The van der Waals surface area contributed by atoms with Gasteiger partial charge in [0.2, 0.25) is 5.95 Å². The number of anilines is 1. The second-order valence-electron chi connectivity index (χ2n) is 6.76. The second kappa shape index (κ2) is 7.59. The Morgan fingerprint density at radius 1 is 1.45 bits per heavy atom. The molecule has 2 unspecified atom stereocenters. The van der Waals surface area contributed by atoms with Crippen molar-refractivity contribution >= 4 is 27.6 Å². The van der Waals surface area contributed by atoms with Gasteiger partial charge in [-0.1, -0.05) is 29.5 Å². The van der Waals surface area contributed by atoms with Crippen molar-refractivity contribution < 1.29 is 19.7 Å². The van der Waals surface area contributed by atoms with E-state index >= 15 is 0 Å². The molecule has 3 aromatic rings. The Balaban J connectivity index is 1.84. The van der Waals surface area contributed by atoms with E-state index in [4.69, 9.17) is 15.2 Å². The van der Waals surface area contributed by atoms with Crippen molar-refractivity contribution in [2.24, 2.45) is 5.92 Å². The van der Waals surface area contributed by atoms with Gasteiger partial charge in [-0.3, -0.25) is 19.1 Å². The number of aliphatic hydroxyl groups excluding tert-OH is 2. The summed E-state index contributed by atoms with van der Waals surface area (Å²) in [5, 5.41) is 20.7. The number of para-hydroxylation sites is 1. The molecule has 0 spiro atoms. The third-order valence-corrected chi connectivity index (χ3v) is 5.99. The number of rotatable bonds is 5. The maximum atomic E-state index is 12.7. The lowest BCUT2D eigenvalue weighted by molar-refractivity contribution is -0.0500. The number of aromatic nitrogens is 3. The first kappa shape index (κ1) is 19.6. The van der Waals surface area contributed by atoms with Crippen LogP contribution >= 0.6 is 11.3 Å². The Hall–Kier alpha value is -2.73. The molecule has 11 heteroatoms. The van der Waals surface area contributed by atoms with Crippen molar-refractivity contribution in [3.05, 3.63) is 49.9 Å². The molecule has 1 fully saturated rings. The normalized spacial score (nSPS) is 22.8. The van der Waals surface area contributed by atoms with E-state index in [1.54, 1.807) is 24.3 Å². The molecule has 29 heavy (non-hydrogen) atoms. The van der Waals surface area contributed by atoms with Gasteiger partial charge >= 0.3 is 4.87 Å². The average Bonchev–Trinajstić information content (AvgIpc) is 3.27. The van der Waals surface area contributed by atoms with Crippen LogP contribution in [0.4, 0.5) is 5.95 Å². The molecular weight excluding hydrogens is 400 g/mol. The number of ether oxygens (including phenoxy) is 2. The Morgan fingerprint density at radius 2 is 2.21 bits per heavy atom. The second-order valence-corrected chi connectivity index (χ2v) is 7.72. The summed E-state index contributed by atoms with van der Waals surface area (Å²) in [5.74, 6) is -0.235. The van der Waals surface area contributed by atoms with Crippen LogP contribution in [0.2, 0.25) is 0 Å². The molecule has 3 heterocycles. The van der Waals surface area contributed by atoms with Crippen LogP contribution in [0.15, 0.2) is 33.9 Å². The minimum absolute atomic E-state index is 0.0852. The fourth-order valence-electron chi connectivity index (χ4n) is 3.74. The average molecular weight is 420 g/mol. The molecule has 4 atom stereocenters. The van der Waals surface area contributed by atoms with Gasteiger partial charge in [0.1, 0.15) is 16.7 Å². The van der Waals surface area contributed by atoms with E-state index < -0.39 is 34.8 Å². The Bertz CT molecular complexity index is 1160. The summed E-state index contributed by atoms with van der Waals surface area (Å²) in [6, 6.07) is 7.00. The number of aromatic amines is 1. The smallest absolute Gasteiger partial charge is 0.311 e. The molecule has 154 valence electrons. The van der Waals surface area contributed by atoms with Gasteiger partial charge in [-0.2, -0.15) is 4.98 Å². The fraction of sp³-hybridized carbons (Fsp3) is 0.389. The lowest BCUT2D eigenvalue weighted by Gasteiger charge is -2.25. The van der Waals surface area contributed by atoms with Crippen molar-refractivity contribution in [2.45, 2.75) is 24.9 Å². The molecule has 1 aliphatic rings. The summed E-state index contributed by atoms with van der Waals surface area (Å²) in [6.07, 6.45) is -2.28. The highest BCUT2D eigenvalue weighted by Gasteiger charge is 2.43. The number of benzene rings is 1. The molecule has 2 aromatic heterocycles. The van der Waals surface area contributed by atoms with Crippen molar-refractivity contribution in [3.63, 3.8) is 0 Å². The molecule has 1 aromatic carbocycles. The number of nitrogens with zero attached hydrogens (tertiary/aromatic N) is 2. The first-order chi connectivity index (χ1) is 13.9. The zero-order valence-electron chi connectivity index (χ0n) is 15.4. The lowest BCUT2D eigenvalue weighted by Crippen LogP contribution is -2.28. The van der Waals surface area contributed by atoms with Gasteiger partial charge in [0.05, 0.1) is 25.9 Å². The quantitative estimate of drug-likeness (QED) is 0.462. The zero-order valence-corrected chi connectivity index (χ0v) is 16.3. The highest BCUT2D eigenvalue weighted by molar-refractivity contribution is 7.16. The summed E-state index contributed by atoms with van der Waals surface area (Å²) < 4.78 is 12.6. The van der Waals surface area contributed by atoms with E-state index in [-0.39, 0.29) is 22.9 Å². The summed E-state index contributed by atoms with van der Waals surface area (Å²) in [4.78, 5) is 30.9. The van der Waals surface area contributed by atoms with Crippen molar-refractivity contribution in [2.75, 3.05) is 19.5 Å². The molecular formula is C18H20N4O6S. The predicted octanol–water partition coefficient (Wildman–Crippen LogP) is 0.367. The number of hydrogen-bond acceptors (Lipinski definition) is 9. The molecule has 10 nitrogen and oxygen atoms in total. The number of H-pyrrole nitrogens is 1. The standard InChI is InChI=1S/C18H20N4O6S/c1-27-11-5-3-2-4-9(11)12(24)10-6-8(7-23)28-16(10)22-14-13(29-18(22)26)15(25)21-17(19)20-14/h2-5,8,10,12,16,23-24H,6-7H2,1H3,(H3,19,20,21,25)/t8?,10-,12?,16+/m0/s1. The summed E-state index contributed by atoms with van der Waals surface area (Å²) in [5.41, 5.74) is 5.75. The SMILES string of the molecule is COc1ccccc1C(O)[C@@H]1CC(CO)O[C@H]1n1c(=O)sc2c(=O)[nH]c(N)nc21. The van der Waals surface area contributed by atoms with Gasteiger partial charge in [-0.15, -0.1) is 0 Å². The Kier molecular flexibility index (Phi) is 5.13. The fourth-order valence-corrected chi connectivity index (χ4v) is 4.58. The van der Waals surface area contributed by atoms with Gasteiger partial charge in [-0.05, 0) is 12.5 Å². The molecule has 5 N–H and O–H groups in total. The minimum Gasteiger partial charge on any atom is -0.496 e. The zero-order chi connectivity index (χ0) is 20.7. The maximum absolute atomic E-state index is 12.7. The van der Waals surface area contributed by atoms with Crippen LogP contribution in [0.3, 0.4) is 0 Å². The van der Waals surface area contributed by atoms with E-state index in [1.165, 1.54) is 11.7 Å². The highest BCUT2D eigenvalue weighted by atomic mass is 32.1. The largest absolute Gasteiger partial charge is 0.496 e. The van der Waals surface area contributed by atoms with Gasteiger partial charge < -0.3 is 25.4 Å². The van der Waals surface area contributed by atoms with Crippen LogP contribution in [0.25, 0.3) is 10.3 Å². The number of fused-ring (bicyclic) bond motifs is 1. The van der Waals surface area contributed by atoms with Gasteiger partial charge in [-0.25, -0.2) is 0 Å². The molecule has 1 aliphatic heterocycles. The van der Waals surface area contributed by atoms with Crippen LogP contribution in [0.5, 0.6) is 5.75 Å². The number of nitrogen functional groups attached to an aromatic ring is 1. The van der Waals surface area contributed by atoms with E-state index in [1.807, 2.05) is 0 Å². The van der Waals surface area contributed by atoms with Crippen LogP contribution in [0.1, 0.15) is 24.3 Å². The number of methoxy groups -OCH3 is 1. The van der Waals surface area contributed by atoms with Gasteiger partial charge in [0, 0.05) is 11.5 Å². The van der Waals surface area contributed by atoms with Crippen LogP contribution in [-0.2, 0) is 4.74 Å². The van der Waals surface area contributed by atoms with Gasteiger partial charge in [0.15, 0.2) is 5.65 Å². The molecule has 0 radical (unpaired) electrons. The first-order valence-electron chi connectivity index (χ1n) is 8.92.